The van der Waals surface area contributed by atoms with Crippen LogP contribution in [0.5, 0.6) is 0 Å². The van der Waals surface area contributed by atoms with Gasteiger partial charge in [-0.05, 0) is 31.3 Å². The minimum absolute atomic E-state index is 0.0254. The van der Waals surface area contributed by atoms with Crippen molar-refractivity contribution in [1.82, 2.24) is 0 Å². The zero-order chi connectivity index (χ0) is 7.61. The van der Waals surface area contributed by atoms with Gasteiger partial charge in [0, 0.05) is 5.54 Å². The van der Waals surface area contributed by atoms with Crippen LogP contribution in [0.2, 0.25) is 0 Å². The molecule has 0 radical (unpaired) electrons. The molecule has 0 bridgehead atoms. The van der Waals surface area contributed by atoms with Crippen LogP contribution in [0.25, 0.3) is 0 Å². The van der Waals surface area contributed by atoms with E-state index < -0.39 is 0 Å². The molecule has 3 N–H and O–H groups in total. The van der Waals surface area contributed by atoms with Crippen molar-refractivity contribution in [2.75, 3.05) is 12.0 Å². The van der Waals surface area contributed by atoms with E-state index in [9.17, 15) is 0 Å². The Kier molecular flexibility index (Phi) is 2.61. The second-order valence-electron chi connectivity index (χ2n) is 3.17. The third-order valence-corrected chi connectivity index (χ3v) is 2.70. The Morgan fingerprint density at radius 3 is 2.70 bits per heavy atom. The summed E-state index contributed by atoms with van der Waals surface area (Å²) in [5, 5.41) is 9.00. The molecule has 0 atom stereocenters. The molecule has 10 heavy (non-hydrogen) atoms. The Morgan fingerprint density at radius 1 is 1.70 bits per heavy atom. The number of thioether (sulfide) groups is 1. The van der Waals surface area contributed by atoms with Gasteiger partial charge in [-0.3, -0.25) is 0 Å². The standard InChI is InChI=1S/C7H15NOS/c1-10-3-2-7(8)4-6(9)5-7/h6,9H,2-5,8H2,1H3. The van der Waals surface area contributed by atoms with Gasteiger partial charge in [-0.1, -0.05) is 0 Å². The van der Waals surface area contributed by atoms with Crippen molar-refractivity contribution in [2.24, 2.45) is 5.73 Å². The molecule has 1 aliphatic carbocycles. The van der Waals surface area contributed by atoms with Gasteiger partial charge in [-0.25, -0.2) is 0 Å². The van der Waals surface area contributed by atoms with Gasteiger partial charge in [-0.2, -0.15) is 11.8 Å². The molecule has 0 heterocycles. The van der Waals surface area contributed by atoms with E-state index in [1.807, 2.05) is 11.8 Å². The third-order valence-electron chi connectivity index (χ3n) is 2.09. The van der Waals surface area contributed by atoms with E-state index in [4.69, 9.17) is 10.8 Å². The van der Waals surface area contributed by atoms with Crippen molar-refractivity contribution >= 4 is 11.8 Å². The predicted molar refractivity (Wildman–Crippen MR) is 45.2 cm³/mol. The zero-order valence-electron chi connectivity index (χ0n) is 6.34. The van der Waals surface area contributed by atoms with Crippen LogP contribution in [0.4, 0.5) is 0 Å². The van der Waals surface area contributed by atoms with Gasteiger partial charge in [0.1, 0.15) is 0 Å². The molecule has 0 aliphatic heterocycles. The van der Waals surface area contributed by atoms with Crippen molar-refractivity contribution in [3.63, 3.8) is 0 Å². The minimum Gasteiger partial charge on any atom is -0.393 e. The van der Waals surface area contributed by atoms with Gasteiger partial charge in [0.25, 0.3) is 0 Å². The van der Waals surface area contributed by atoms with Crippen LogP contribution in [0.1, 0.15) is 19.3 Å². The second-order valence-corrected chi connectivity index (χ2v) is 4.15. The van der Waals surface area contributed by atoms with E-state index in [1.54, 1.807) is 0 Å². The summed E-state index contributed by atoms with van der Waals surface area (Å²) in [6.07, 6.45) is 4.61. The van der Waals surface area contributed by atoms with Crippen LogP contribution in [0.3, 0.4) is 0 Å². The molecule has 1 aliphatic rings. The topological polar surface area (TPSA) is 46.2 Å². The maximum Gasteiger partial charge on any atom is 0.0575 e. The SMILES string of the molecule is CSCCC1(N)CC(O)C1. The highest BCUT2D eigenvalue weighted by Crippen LogP contribution is 2.33. The lowest BCUT2D eigenvalue weighted by atomic mass is 9.73. The van der Waals surface area contributed by atoms with Gasteiger partial charge in [0.2, 0.25) is 0 Å². The Bertz CT molecular complexity index is 112. The van der Waals surface area contributed by atoms with Gasteiger partial charge < -0.3 is 10.8 Å². The van der Waals surface area contributed by atoms with Crippen molar-refractivity contribution in [3.05, 3.63) is 0 Å². The molecule has 0 amide bonds. The first kappa shape index (κ1) is 8.37. The first-order chi connectivity index (χ1) is 4.66. The molecule has 0 aromatic carbocycles. The number of aliphatic hydroxyl groups is 1. The molecular formula is C7H15NOS. The van der Waals surface area contributed by atoms with E-state index in [-0.39, 0.29) is 11.6 Å². The summed E-state index contributed by atoms with van der Waals surface area (Å²) < 4.78 is 0. The number of hydrogen-bond acceptors (Lipinski definition) is 3. The fraction of sp³-hybridized carbons (Fsp3) is 1.00. The third kappa shape index (κ3) is 1.87. The largest absolute Gasteiger partial charge is 0.393 e. The molecule has 0 spiro atoms. The van der Waals surface area contributed by atoms with E-state index in [0.29, 0.717) is 0 Å². The summed E-state index contributed by atoms with van der Waals surface area (Å²) in [5.74, 6) is 1.11. The lowest BCUT2D eigenvalue weighted by Crippen LogP contribution is -2.54. The van der Waals surface area contributed by atoms with Crippen LogP contribution in [-0.4, -0.2) is 28.8 Å². The molecule has 3 heteroatoms. The van der Waals surface area contributed by atoms with E-state index >= 15 is 0 Å². The minimum atomic E-state index is -0.119. The van der Waals surface area contributed by atoms with Crippen LogP contribution >= 0.6 is 11.8 Å². The summed E-state index contributed by atoms with van der Waals surface area (Å²) in [4.78, 5) is 0. The summed E-state index contributed by atoms with van der Waals surface area (Å²) in [5.41, 5.74) is 5.88. The normalized spacial score (nSPS) is 39.3. The fourth-order valence-electron chi connectivity index (χ4n) is 1.39. The van der Waals surface area contributed by atoms with Gasteiger partial charge in [0.15, 0.2) is 0 Å². The van der Waals surface area contributed by atoms with Crippen LogP contribution < -0.4 is 5.73 Å². The Morgan fingerprint density at radius 2 is 2.30 bits per heavy atom. The van der Waals surface area contributed by atoms with Crippen LogP contribution in [0.15, 0.2) is 0 Å². The molecule has 1 saturated carbocycles. The monoisotopic (exact) mass is 161 g/mol. The Hall–Kier alpha value is 0.270. The number of aliphatic hydroxyl groups excluding tert-OH is 1. The molecule has 0 unspecified atom stereocenters. The smallest absolute Gasteiger partial charge is 0.0575 e. The molecule has 0 saturated heterocycles. The fourth-order valence-corrected chi connectivity index (χ4v) is 2.00. The average molecular weight is 161 g/mol. The summed E-state index contributed by atoms with van der Waals surface area (Å²) in [6.45, 7) is 0. The molecule has 0 aromatic rings. The summed E-state index contributed by atoms with van der Waals surface area (Å²) in [7, 11) is 0. The molecule has 1 fully saturated rings. The van der Waals surface area contributed by atoms with Gasteiger partial charge in [0.05, 0.1) is 6.10 Å². The van der Waals surface area contributed by atoms with Crippen molar-refractivity contribution in [1.29, 1.82) is 0 Å². The van der Waals surface area contributed by atoms with Crippen LogP contribution in [-0.2, 0) is 0 Å². The average Bonchev–Trinajstić information content (AvgIpc) is 1.81. The predicted octanol–water partition coefficient (Wildman–Crippen LogP) is 0.592. The highest BCUT2D eigenvalue weighted by Gasteiger charge is 2.38. The molecule has 1 rings (SSSR count). The first-order valence-electron chi connectivity index (χ1n) is 3.62. The van der Waals surface area contributed by atoms with Crippen molar-refractivity contribution < 1.29 is 5.11 Å². The van der Waals surface area contributed by atoms with E-state index in [1.165, 1.54) is 0 Å². The zero-order valence-corrected chi connectivity index (χ0v) is 7.16. The quantitative estimate of drug-likeness (QED) is 0.637. The maximum absolute atomic E-state index is 9.00. The van der Waals surface area contributed by atoms with Crippen molar-refractivity contribution in [3.8, 4) is 0 Å². The van der Waals surface area contributed by atoms with Crippen molar-refractivity contribution in [2.45, 2.75) is 30.9 Å². The molecule has 2 nitrogen and oxygen atoms in total. The number of rotatable bonds is 3. The number of hydrogen-bond donors (Lipinski definition) is 2. The Balaban J connectivity index is 2.15. The van der Waals surface area contributed by atoms with E-state index in [2.05, 4.69) is 6.26 Å². The van der Waals surface area contributed by atoms with Gasteiger partial charge in [-0.15, -0.1) is 0 Å². The Labute approximate surface area is 66.2 Å². The molecular weight excluding hydrogens is 146 g/mol. The highest BCUT2D eigenvalue weighted by molar-refractivity contribution is 7.98. The first-order valence-corrected chi connectivity index (χ1v) is 5.01. The van der Waals surface area contributed by atoms with Gasteiger partial charge >= 0.3 is 0 Å². The second kappa shape index (κ2) is 3.11. The highest BCUT2D eigenvalue weighted by atomic mass is 32.2. The van der Waals surface area contributed by atoms with Crippen LogP contribution in [0, 0.1) is 0 Å². The lowest BCUT2D eigenvalue weighted by molar-refractivity contribution is 0.0218. The lowest BCUT2D eigenvalue weighted by Gasteiger charge is -2.42. The summed E-state index contributed by atoms with van der Waals surface area (Å²) >= 11 is 1.82. The number of nitrogens with two attached hydrogens (primary N) is 1. The maximum atomic E-state index is 9.00. The van der Waals surface area contributed by atoms with E-state index in [0.717, 1.165) is 25.0 Å². The molecule has 60 valence electrons. The summed E-state index contributed by atoms with van der Waals surface area (Å²) in [6, 6.07) is 0. The molecule has 0 aromatic heterocycles.